The number of hydrogen-bond donors (Lipinski definition) is 1. The highest BCUT2D eigenvalue weighted by Gasteiger charge is 2.26. The van der Waals surface area contributed by atoms with Gasteiger partial charge in [-0.15, -0.1) is 0 Å². The van der Waals surface area contributed by atoms with E-state index in [9.17, 15) is 9.59 Å². The van der Waals surface area contributed by atoms with E-state index in [-0.39, 0.29) is 17.3 Å². The number of hydrogen-bond acceptors (Lipinski definition) is 5. The monoisotopic (exact) mass is 318 g/mol. The lowest BCUT2D eigenvalue weighted by Gasteiger charge is -2.34. The quantitative estimate of drug-likeness (QED) is 0.920. The highest BCUT2D eigenvalue weighted by molar-refractivity contribution is 5.10. The van der Waals surface area contributed by atoms with Crippen LogP contribution in [0, 0.1) is 13.8 Å². The number of H-pyrrole nitrogens is 1. The van der Waals surface area contributed by atoms with E-state index in [1.54, 1.807) is 6.92 Å². The summed E-state index contributed by atoms with van der Waals surface area (Å²) < 4.78 is 6.45. The second-order valence-electron chi connectivity index (χ2n) is 6.16. The Balaban J connectivity index is 1.76. The minimum absolute atomic E-state index is 0.196. The summed E-state index contributed by atoms with van der Waals surface area (Å²) in [5, 5.41) is 4.14. The molecule has 1 atom stereocenters. The summed E-state index contributed by atoms with van der Waals surface area (Å²) in [7, 11) is 0. The Morgan fingerprint density at radius 2 is 2.09 bits per heavy atom. The van der Waals surface area contributed by atoms with Crippen molar-refractivity contribution in [3.8, 4) is 0 Å². The predicted molar refractivity (Wildman–Crippen MR) is 85.5 cm³/mol. The lowest BCUT2D eigenvalue weighted by atomic mass is 9.99. The third-order valence-electron chi connectivity index (χ3n) is 4.37. The molecule has 23 heavy (non-hydrogen) atoms. The average molecular weight is 318 g/mol. The predicted octanol–water partition coefficient (Wildman–Crippen LogP) is 1.37. The summed E-state index contributed by atoms with van der Waals surface area (Å²) in [4.78, 5) is 28.9. The molecule has 0 saturated carbocycles. The first kappa shape index (κ1) is 15.7. The largest absolute Gasteiger partial charge is 0.361 e. The van der Waals surface area contributed by atoms with Gasteiger partial charge in [-0.2, -0.15) is 0 Å². The molecular formula is C16H22N4O3. The number of aromatic amines is 1. The highest BCUT2D eigenvalue weighted by atomic mass is 16.5. The molecule has 7 heteroatoms. The molecule has 1 N–H and O–H groups in total. The Kier molecular flexibility index (Phi) is 4.47. The SMILES string of the molecule is Cc1cc(=O)n(CCN2CCCCC2c2cc(C)on2)c(=O)[nH]1. The molecule has 0 radical (unpaired) electrons. The van der Waals surface area contributed by atoms with Gasteiger partial charge in [0.2, 0.25) is 0 Å². The molecule has 1 saturated heterocycles. The number of nitrogens with one attached hydrogen (secondary N) is 1. The van der Waals surface area contributed by atoms with Crippen LogP contribution in [0.25, 0.3) is 0 Å². The third kappa shape index (κ3) is 3.44. The fraction of sp³-hybridized carbons (Fsp3) is 0.562. The van der Waals surface area contributed by atoms with Crippen LogP contribution in [-0.4, -0.2) is 32.7 Å². The van der Waals surface area contributed by atoms with Gasteiger partial charge in [-0.05, 0) is 33.2 Å². The van der Waals surface area contributed by atoms with Crippen molar-refractivity contribution in [2.24, 2.45) is 0 Å². The fourth-order valence-electron chi connectivity index (χ4n) is 3.21. The molecule has 124 valence electrons. The molecule has 0 spiro atoms. The molecule has 2 aromatic rings. The van der Waals surface area contributed by atoms with Crippen LogP contribution in [0.4, 0.5) is 0 Å². The van der Waals surface area contributed by atoms with Crippen LogP contribution in [0.1, 0.15) is 42.5 Å². The summed E-state index contributed by atoms with van der Waals surface area (Å²) in [5.74, 6) is 0.803. The summed E-state index contributed by atoms with van der Waals surface area (Å²) in [6.45, 7) is 5.55. The molecule has 7 nitrogen and oxygen atoms in total. The molecule has 1 aliphatic rings. The standard InChI is InChI=1S/C16H22N4O3/c1-11-9-15(21)20(16(22)17-11)8-7-19-6-4-3-5-14(19)13-10-12(2)23-18-13/h9-10,14H,3-8H2,1-2H3,(H,17,22). The van der Waals surface area contributed by atoms with Crippen LogP contribution in [0.15, 0.2) is 26.2 Å². The molecule has 0 bridgehead atoms. The van der Waals surface area contributed by atoms with E-state index in [0.29, 0.717) is 18.8 Å². The van der Waals surface area contributed by atoms with Gasteiger partial charge >= 0.3 is 5.69 Å². The minimum atomic E-state index is -0.346. The van der Waals surface area contributed by atoms with Crippen LogP contribution >= 0.6 is 0 Å². The van der Waals surface area contributed by atoms with Crippen molar-refractivity contribution >= 4 is 0 Å². The van der Waals surface area contributed by atoms with Gasteiger partial charge < -0.3 is 9.51 Å². The van der Waals surface area contributed by atoms with Crippen molar-refractivity contribution in [2.45, 2.75) is 45.7 Å². The van der Waals surface area contributed by atoms with Gasteiger partial charge in [-0.25, -0.2) is 4.79 Å². The lowest BCUT2D eigenvalue weighted by molar-refractivity contribution is 0.135. The van der Waals surface area contributed by atoms with Crippen LogP contribution in [0.5, 0.6) is 0 Å². The van der Waals surface area contributed by atoms with Gasteiger partial charge in [0.25, 0.3) is 5.56 Å². The molecule has 1 aliphatic heterocycles. The second-order valence-corrected chi connectivity index (χ2v) is 6.16. The normalized spacial score (nSPS) is 19.1. The summed E-state index contributed by atoms with van der Waals surface area (Å²) >= 11 is 0. The summed E-state index contributed by atoms with van der Waals surface area (Å²) in [6, 6.07) is 3.62. The van der Waals surface area contributed by atoms with Crippen LogP contribution in [0.3, 0.4) is 0 Å². The molecule has 3 heterocycles. The van der Waals surface area contributed by atoms with Crippen LogP contribution < -0.4 is 11.2 Å². The topological polar surface area (TPSA) is 84.1 Å². The summed E-state index contributed by atoms with van der Waals surface area (Å²) in [5.41, 5.74) is 0.926. The van der Waals surface area contributed by atoms with E-state index in [0.717, 1.165) is 37.3 Å². The van der Waals surface area contributed by atoms with E-state index < -0.39 is 0 Å². The second kappa shape index (κ2) is 6.54. The molecule has 0 amide bonds. The fourth-order valence-corrected chi connectivity index (χ4v) is 3.21. The Morgan fingerprint density at radius 1 is 1.26 bits per heavy atom. The van der Waals surface area contributed by atoms with Crippen molar-refractivity contribution in [1.29, 1.82) is 0 Å². The zero-order valence-electron chi connectivity index (χ0n) is 13.5. The van der Waals surface area contributed by atoms with Crippen molar-refractivity contribution < 1.29 is 4.52 Å². The highest BCUT2D eigenvalue weighted by Crippen LogP contribution is 2.30. The van der Waals surface area contributed by atoms with Crippen molar-refractivity contribution in [1.82, 2.24) is 19.6 Å². The van der Waals surface area contributed by atoms with Crippen molar-refractivity contribution in [2.75, 3.05) is 13.1 Å². The van der Waals surface area contributed by atoms with Gasteiger partial charge in [-0.1, -0.05) is 11.6 Å². The third-order valence-corrected chi connectivity index (χ3v) is 4.37. The zero-order chi connectivity index (χ0) is 16.4. The molecule has 0 aliphatic carbocycles. The van der Waals surface area contributed by atoms with Gasteiger partial charge in [-0.3, -0.25) is 14.3 Å². The van der Waals surface area contributed by atoms with E-state index >= 15 is 0 Å². The average Bonchev–Trinajstić information content (AvgIpc) is 2.93. The lowest BCUT2D eigenvalue weighted by Crippen LogP contribution is -2.41. The maximum atomic E-state index is 12.0. The Bertz CT molecular complexity index is 758. The number of rotatable bonds is 4. The zero-order valence-corrected chi connectivity index (χ0v) is 13.5. The van der Waals surface area contributed by atoms with Crippen LogP contribution in [0.2, 0.25) is 0 Å². The van der Waals surface area contributed by atoms with E-state index in [1.807, 2.05) is 13.0 Å². The maximum absolute atomic E-state index is 12.0. The molecule has 3 rings (SSSR count). The van der Waals surface area contributed by atoms with E-state index in [4.69, 9.17) is 4.52 Å². The maximum Gasteiger partial charge on any atom is 0.328 e. The molecular weight excluding hydrogens is 296 g/mol. The van der Waals surface area contributed by atoms with Crippen molar-refractivity contribution in [3.05, 3.63) is 50.1 Å². The number of piperidine rings is 1. The Hall–Kier alpha value is -2.15. The summed E-state index contributed by atoms with van der Waals surface area (Å²) in [6.07, 6.45) is 3.29. The molecule has 0 aromatic carbocycles. The van der Waals surface area contributed by atoms with Gasteiger partial charge in [0.15, 0.2) is 0 Å². The first-order valence-corrected chi connectivity index (χ1v) is 8.02. The molecule has 2 aromatic heterocycles. The van der Waals surface area contributed by atoms with Gasteiger partial charge in [0.05, 0.1) is 6.04 Å². The van der Waals surface area contributed by atoms with E-state index in [1.165, 1.54) is 10.6 Å². The number of nitrogens with zero attached hydrogens (tertiary/aromatic N) is 3. The number of aryl methyl sites for hydroxylation is 2. The molecule has 1 fully saturated rings. The van der Waals surface area contributed by atoms with E-state index in [2.05, 4.69) is 15.0 Å². The number of aromatic nitrogens is 3. The smallest absolute Gasteiger partial charge is 0.328 e. The first-order chi connectivity index (χ1) is 11.0. The first-order valence-electron chi connectivity index (χ1n) is 8.02. The van der Waals surface area contributed by atoms with Crippen molar-refractivity contribution in [3.63, 3.8) is 0 Å². The Morgan fingerprint density at radius 3 is 2.78 bits per heavy atom. The Labute approximate surface area is 133 Å². The molecule has 1 unspecified atom stereocenters. The minimum Gasteiger partial charge on any atom is -0.361 e. The van der Waals surface area contributed by atoms with Gasteiger partial charge in [0, 0.05) is 30.9 Å². The van der Waals surface area contributed by atoms with Gasteiger partial charge in [0.1, 0.15) is 11.5 Å². The van der Waals surface area contributed by atoms with Crippen LogP contribution in [-0.2, 0) is 6.54 Å². The number of likely N-dealkylation sites (tertiary alicyclic amines) is 1.